The van der Waals surface area contributed by atoms with Crippen molar-refractivity contribution in [3.8, 4) is 0 Å². The molecule has 84 valence electrons. The van der Waals surface area contributed by atoms with Gasteiger partial charge in [0.2, 0.25) is 0 Å². The first kappa shape index (κ1) is 12.0. The fraction of sp³-hybridized carbons (Fsp3) is 0.615. The molecule has 0 N–H and O–H groups in total. The van der Waals surface area contributed by atoms with E-state index in [-0.39, 0.29) is 5.78 Å². The lowest BCUT2D eigenvalue weighted by Gasteiger charge is -2.21. The standard InChI is InChI=1S/C13H20O2/c1-4-13(2,3)9-5-7-11(14)12-8-6-10-15-12/h6,8,10H,4-5,7,9H2,1-3H3. The second-order valence-corrected chi connectivity index (χ2v) is 4.77. The highest BCUT2D eigenvalue weighted by Crippen LogP contribution is 2.27. The van der Waals surface area contributed by atoms with Gasteiger partial charge >= 0.3 is 0 Å². The lowest BCUT2D eigenvalue weighted by atomic mass is 9.84. The number of furan rings is 1. The van der Waals surface area contributed by atoms with E-state index in [0.29, 0.717) is 17.6 Å². The first-order chi connectivity index (χ1) is 7.05. The summed E-state index contributed by atoms with van der Waals surface area (Å²) in [5.74, 6) is 0.608. The minimum absolute atomic E-state index is 0.118. The van der Waals surface area contributed by atoms with Gasteiger partial charge in [0, 0.05) is 6.42 Å². The summed E-state index contributed by atoms with van der Waals surface area (Å²) < 4.78 is 5.05. The monoisotopic (exact) mass is 208 g/mol. The summed E-state index contributed by atoms with van der Waals surface area (Å²) in [4.78, 5) is 11.6. The average Bonchev–Trinajstić information content (AvgIpc) is 2.70. The van der Waals surface area contributed by atoms with Crippen LogP contribution in [0.25, 0.3) is 0 Å². The summed E-state index contributed by atoms with van der Waals surface area (Å²) in [5.41, 5.74) is 0.351. The van der Waals surface area contributed by atoms with E-state index in [9.17, 15) is 4.79 Å². The van der Waals surface area contributed by atoms with Crippen molar-refractivity contribution >= 4 is 5.78 Å². The Hall–Kier alpha value is -1.05. The molecular weight excluding hydrogens is 188 g/mol. The quantitative estimate of drug-likeness (QED) is 0.660. The number of rotatable bonds is 6. The van der Waals surface area contributed by atoms with E-state index in [4.69, 9.17) is 4.42 Å². The second kappa shape index (κ2) is 5.15. The maximum absolute atomic E-state index is 11.6. The zero-order valence-electron chi connectivity index (χ0n) is 9.88. The van der Waals surface area contributed by atoms with Crippen LogP contribution in [0.4, 0.5) is 0 Å². The van der Waals surface area contributed by atoms with Crippen LogP contribution in [0, 0.1) is 5.41 Å². The van der Waals surface area contributed by atoms with Crippen LogP contribution in [0.3, 0.4) is 0 Å². The molecule has 0 aromatic carbocycles. The summed E-state index contributed by atoms with van der Waals surface area (Å²) in [7, 11) is 0. The van der Waals surface area contributed by atoms with Crippen LogP contribution in [-0.2, 0) is 0 Å². The Morgan fingerprint density at radius 3 is 2.73 bits per heavy atom. The molecule has 0 saturated carbocycles. The molecule has 0 aliphatic carbocycles. The molecule has 0 bridgehead atoms. The summed E-state index contributed by atoms with van der Waals surface area (Å²) in [6.45, 7) is 6.67. The van der Waals surface area contributed by atoms with Crippen LogP contribution < -0.4 is 0 Å². The lowest BCUT2D eigenvalue weighted by Crippen LogP contribution is -2.10. The van der Waals surface area contributed by atoms with E-state index in [1.807, 2.05) is 0 Å². The SMILES string of the molecule is CCC(C)(C)CCCC(=O)c1ccco1. The van der Waals surface area contributed by atoms with Crippen LogP contribution in [0.15, 0.2) is 22.8 Å². The van der Waals surface area contributed by atoms with Crippen LogP contribution >= 0.6 is 0 Å². The first-order valence-corrected chi connectivity index (χ1v) is 5.62. The van der Waals surface area contributed by atoms with Crippen LogP contribution in [0.2, 0.25) is 0 Å². The molecular formula is C13H20O2. The highest BCUT2D eigenvalue weighted by molar-refractivity contribution is 5.93. The normalized spacial score (nSPS) is 11.7. The molecule has 2 heteroatoms. The van der Waals surface area contributed by atoms with E-state index >= 15 is 0 Å². The van der Waals surface area contributed by atoms with E-state index in [2.05, 4.69) is 20.8 Å². The van der Waals surface area contributed by atoms with Crippen LogP contribution in [-0.4, -0.2) is 5.78 Å². The minimum Gasteiger partial charge on any atom is -0.461 e. The number of carbonyl (C=O) groups is 1. The molecule has 15 heavy (non-hydrogen) atoms. The molecule has 0 amide bonds. The molecule has 1 aromatic rings. The molecule has 1 rings (SSSR count). The van der Waals surface area contributed by atoms with Crippen molar-refractivity contribution < 1.29 is 9.21 Å². The predicted octanol–water partition coefficient (Wildman–Crippen LogP) is 4.07. The summed E-state index contributed by atoms with van der Waals surface area (Å²) in [5, 5.41) is 0. The Labute approximate surface area is 91.7 Å². The summed E-state index contributed by atoms with van der Waals surface area (Å²) >= 11 is 0. The van der Waals surface area contributed by atoms with E-state index in [1.165, 1.54) is 0 Å². The van der Waals surface area contributed by atoms with Gasteiger partial charge in [-0.05, 0) is 30.4 Å². The Morgan fingerprint density at radius 1 is 1.47 bits per heavy atom. The topological polar surface area (TPSA) is 30.2 Å². The van der Waals surface area contributed by atoms with Gasteiger partial charge in [0.1, 0.15) is 0 Å². The molecule has 1 aromatic heterocycles. The van der Waals surface area contributed by atoms with E-state index < -0.39 is 0 Å². The molecule has 0 aliphatic heterocycles. The number of Topliss-reactive ketones (excluding diaryl/α,β-unsaturated/α-hetero) is 1. The van der Waals surface area contributed by atoms with Gasteiger partial charge in [-0.3, -0.25) is 4.79 Å². The maximum atomic E-state index is 11.6. The number of hydrogen-bond acceptors (Lipinski definition) is 2. The third-order valence-electron chi connectivity index (χ3n) is 3.01. The van der Waals surface area contributed by atoms with Gasteiger partial charge in [0.05, 0.1) is 6.26 Å². The van der Waals surface area contributed by atoms with Crippen molar-refractivity contribution in [1.82, 2.24) is 0 Å². The van der Waals surface area contributed by atoms with Gasteiger partial charge in [0.15, 0.2) is 11.5 Å². The minimum atomic E-state index is 0.118. The van der Waals surface area contributed by atoms with Crippen molar-refractivity contribution in [2.24, 2.45) is 5.41 Å². The molecule has 0 fully saturated rings. The van der Waals surface area contributed by atoms with Crippen molar-refractivity contribution in [3.05, 3.63) is 24.2 Å². The molecule has 0 spiro atoms. The fourth-order valence-electron chi connectivity index (χ4n) is 1.46. The Bertz CT molecular complexity index is 296. The highest BCUT2D eigenvalue weighted by Gasteiger charge is 2.16. The molecule has 1 heterocycles. The number of hydrogen-bond donors (Lipinski definition) is 0. The zero-order valence-corrected chi connectivity index (χ0v) is 9.88. The Kier molecular flexibility index (Phi) is 4.13. The fourth-order valence-corrected chi connectivity index (χ4v) is 1.46. The van der Waals surface area contributed by atoms with Gasteiger partial charge in [-0.2, -0.15) is 0 Å². The molecule has 0 atom stereocenters. The molecule has 2 nitrogen and oxygen atoms in total. The van der Waals surface area contributed by atoms with Gasteiger partial charge in [-0.1, -0.05) is 27.2 Å². The smallest absolute Gasteiger partial charge is 0.197 e. The number of ketones is 1. The molecule has 0 saturated heterocycles. The Balaban J connectivity index is 2.30. The van der Waals surface area contributed by atoms with Crippen molar-refractivity contribution in [3.63, 3.8) is 0 Å². The van der Waals surface area contributed by atoms with Crippen LogP contribution in [0.1, 0.15) is 57.0 Å². The second-order valence-electron chi connectivity index (χ2n) is 4.77. The average molecular weight is 208 g/mol. The third kappa shape index (κ3) is 3.90. The van der Waals surface area contributed by atoms with Crippen LogP contribution in [0.5, 0.6) is 0 Å². The van der Waals surface area contributed by atoms with Gasteiger partial charge in [-0.15, -0.1) is 0 Å². The maximum Gasteiger partial charge on any atom is 0.197 e. The predicted molar refractivity (Wildman–Crippen MR) is 61.0 cm³/mol. The zero-order chi connectivity index (χ0) is 11.3. The highest BCUT2D eigenvalue weighted by atomic mass is 16.3. The number of carbonyl (C=O) groups excluding carboxylic acids is 1. The largest absolute Gasteiger partial charge is 0.461 e. The summed E-state index contributed by atoms with van der Waals surface area (Å²) in [6, 6.07) is 3.48. The van der Waals surface area contributed by atoms with Gasteiger partial charge in [-0.25, -0.2) is 0 Å². The molecule has 0 radical (unpaired) electrons. The van der Waals surface area contributed by atoms with Gasteiger partial charge in [0.25, 0.3) is 0 Å². The third-order valence-corrected chi connectivity index (χ3v) is 3.01. The summed E-state index contributed by atoms with van der Waals surface area (Å²) in [6.07, 6.45) is 5.33. The van der Waals surface area contributed by atoms with E-state index in [0.717, 1.165) is 19.3 Å². The molecule has 0 unspecified atom stereocenters. The Morgan fingerprint density at radius 2 is 2.20 bits per heavy atom. The lowest BCUT2D eigenvalue weighted by molar-refractivity contribution is 0.0948. The van der Waals surface area contributed by atoms with Gasteiger partial charge < -0.3 is 4.42 Å². The first-order valence-electron chi connectivity index (χ1n) is 5.62. The van der Waals surface area contributed by atoms with Crippen molar-refractivity contribution in [1.29, 1.82) is 0 Å². The van der Waals surface area contributed by atoms with Crippen molar-refractivity contribution in [2.45, 2.75) is 46.5 Å². The van der Waals surface area contributed by atoms with Crippen molar-refractivity contribution in [2.75, 3.05) is 0 Å². The van der Waals surface area contributed by atoms with E-state index in [1.54, 1.807) is 18.4 Å². The molecule has 0 aliphatic rings.